The van der Waals surface area contributed by atoms with Gasteiger partial charge >= 0.3 is 5.97 Å². The number of non-ortho nitro benzene ring substituents is 1. The minimum atomic E-state index is -0.960. The number of thiazole rings is 1. The summed E-state index contributed by atoms with van der Waals surface area (Å²) in [6.07, 6.45) is 0.564. The fraction of sp³-hybridized carbons (Fsp3) is 0.158. The molecule has 0 radical (unpaired) electrons. The lowest BCUT2D eigenvalue weighted by molar-refractivity contribution is -0.384. The zero-order chi connectivity index (χ0) is 19.4. The Kier molecular flexibility index (Phi) is 5.46. The van der Waals surface area contributed by atoms with Gasteiger partial charge in [0.25, 0.3) is 5.69 Å². The van der Waals surface area contributed by atoms with E-state index in [-0.39, 0.29) is 17.2 Å². The monoisotopic (exact) mass is 384 g/mol. The van der Waals surface area contributed by atoms with E-state index >= 15 is 0 Å². The van der Waals surface area contributed by atoms with Gasteiger partial charge < -0.3 is 9.84 Å². The second-order valence-electron chi connectivity index (χ2n) is 5.69. The first-order chi connectivity index (χ1) is 13.0. The van der Waals surface area contributed by atoms with E-state index in [1.807, 2.05) is 19.1 Å². The van der Waals surface area contributed by atoms with Crippen molar-refractivity contribution in [1.82, 2.24) is 4.98 Å². The van der Waals surface area contributed by atoms with Gasteiger partial charge in [0, 0.05) is 17.7 Å². The number of rotatable bonds is 7. The first-order valence-corrected chi connectivity index (χ1v) is 8.99. The number of nitrogens with zero attached hydrogens (tertiary/aromatic N) is 2. The van der Waals surface area contributed by atoms with E-state index in [1.165, 1.54) is 12.1 Å². The summed E-state index contributed by atoms with van der Waals surface area (Å²) in [5, 5.41) is 20.6. The van der Waals surface area contributed by atoms with E-state index in [0.29, 0.717) is 22.9 Å². The molecule has 3 rings (SSSR count). The van der Waals surface area contributed by atoms with Crippen molar-refractivity contribution in [2.24, 2.45) is 0 Å². The van der Waals surface area contributed by atoms with Gasteiger partial charge in [0.15, 0.2) is 0 Å². The molecule has 7 nitrogen and oxygen atoms in total. The van der Waals surface area contributed by atoms with E-state index in [1.54, 1.807) is 24.3 Å². The molecule has 0 atom stereocenters. The number of hydrogen-bond donors (Lipinski definition) is 1. The zero-order valence-electron chi connectivity index (χ0n) is 14.4. The maximum absolute atomic E-state index is 11.3. The molecule has 0 saturated carbocycles. The highest BCUT2D eigenvalue weighted by molar-refractivity contribution is 7.17. The van der Waals surface area contributed by atoms with Gasteiger partial charge in [0.1, 0.15) is 22.2 Å². The number of benzene rings is 2. The number of carboxylic acids is 1. The minimum Gasteiger partial charge on any atom is -0.489 e. The Bertz CT molecular complexity index is 965. The highest BCUT2D eigenvalue weighted by atomic mass is 32.1. The Balaban J connectivity index is 1.68. The van der Waals surface area contributed by atoms with Gasteiger partial charge in [0.2, 0.25) is 0 Å². The maximum Gasteiger partial charge on any atom is 0.347 e. The van der Waals surface area contributed by atoms with E-state index in [2.05, 4.69) is 4.98 Å². The second kappa shape index (κ2) is 7.96. The van der Waals surface area contributed by atoms with Gasteiger partial charge in [-0.15, -0.1) is 11.3 Å². The standard InChI is InChI=1S/C19H16N2O5S/c1-2-16-17(19(22)23)27-18(20-16)13-5-9-15(10-6-13)26-11-12-3-7-14(8-4-12)21(24)25/h3-10H,2,11H2,1H3,(H,22,23). The lowest BCUT2D eigenvalue weighted by Crippen LogP contribution is -1.97. The molecule has 0 spiro atoms. The Hall–Kier alpha value is -3.26. The third-order valence-corrected chi connectivity index (χ3v) is 5.02. The van der Waals surface area contributed by atoms with Crippen LogP contribution in [0.4, 0.5) is 5.69 Å². The van der Waals surface area contributed by atoms with Crippen LogP contribution >= 0.6 is 11.3 Å². The number of aryl methyl sites for hydroxylation is 1. The van der Waals surface area contributed by atoms with Crippen molar-refractivity contribution in [3.63, 3.8) is 0 Å². The molecule has 3 aromatic rings. The second-order valence-corrected chi connectivity index (χ2v) is 6.69. The highest BCUT2D eigenvalue weighted by Gasteiger charge is 2.16. The molecule has 8 heteroatoms. The normalized spacial score (nSPS) is 10.6. The van der Waals surface area contributed by atoms with Crippen LogP contribution in [0.2, 0.25) is 0 Å². The molecule has 0 unspecified atom stereocenters. The Labute approximate surface area is 159 Å². The average molecular weight is 384 g/mol. The predicted molar refractivity (Wildman–Crippen MR) is 101 cm³/mol. The van der Waals surface area contributed by atoms with Gasteiger partial charge in [-0.05, 0) is 48.4 Å². The van der Waals surface area contributed by atoms with Crippen LogP contribution in [0.25, 0.3) is 10.6 Å². The van der Waals surface area contributed by atoms with Crippen molar-refractivity contribution in [1.29, 1.82) is 0 Å². The minimum absolute atomic E-state index is 0.0405. The molecule has 2 aromatic carbocycles. The SMILES string of the molecule is CCc1nc(-c2ccc(OCc3ccc([N+](=O)[O-])cc3)cc2)sc1C(=O)O. The van der Waals surface area contributed by atoms with Gasteiger partial charge in [0.05, 0.1) is 10.6 Å². The molecular formula is C19H16N2O5S. The number of aromatic carboxylic acids is 1. The third kappa shape index (κ3) is 4.29. The van der Waals surface area contributed by atoms with Crippen LogP contribution in [0.5, 0.6) is 5.75 Å². The summed E-state index contributed by atoms with van der Waals surface area (Å²) in [5.74, 6) is -0.318. The lowest BCUT2D eigenvalue weighted by Gasteiger charge is -2.06. The molecule has 1 aromatic heterocycles. The molecular weight excluding hydrogens is 368 g/mol. The largest absolute Gasteiger partial charge is 0.489 e. The Morgan fingerprint density at radius 3 is 2.37 bits per heavy atom. The molecule has 27 heavy (non-hydrogen) atoms. The number of nitro groups is 1. The fourth-order valence-corrected chi connectivity index (χ4v) is 3.45. The fourth-order valence-electron chi connectivity index (χ4n) is 2.46. The van der Waals surface area contributed by atoms with Crippen molar-refractivity contribution < 1.29 is 19.6 Å². The molecule has 0 aliphatic carbocycles. The molecule has 0 saturated heterocycles. The molecule has 1 heterocycles. The van der Waals surface area contributed by atoms with Gasteiger partial charge in [-0.1, -0.05) is 6.92 Å². The van der Waals surface area contributed by atoms with Crippen LogP contribution in [0, 0.1) is 10.1 Å². The summed E-state index contributed by atoms with van der Waals surface area (Å²) >= 11 is 1.16. The zero-order valence-corrected chi connectivity index (χ0v) is 15.2. The topological polar surface area (TPSA) is 103 Å². The molecule has 1 N–H and O–H groups in total. The Morgan fingerprint density at radius 1 is 1.19 bits per heavy atom. The third-order valence-electron chi connectivity index (χ3n) is 3.88. The summed E-state index contributed by atoms with van der Waals surface area (Å²) in [6.45, 7) is 2.16. The van der Waals surface area contributed by atoms with E-state index in [0.717, 1.165) is 22.5 Å². The number of carbonyl (C=O) groups is 1. The molecule has 0 amide bonds. The number of nitro benzene ring substituents is 1. The lowest BCUT2D eigenvalue weighted by atomic mass is 10.2. The van der Waals surface area contributed by atoms with Crippen LogP contribution in [-0.2, 0) is 13.0 Å². The van der Waals surface area contributed by atoms with Crippen LogP contribution in [-0.4, -0.2) is 21.0 Å². The smallest absolute Gasteiger partial charge is 0.347 e. The Morgan fingerprint density at radius 2 is 1.85 bits per heavy atom. The average Bonchev–Trinajstić information content (AvgIpc) is 3.12. The number of aromatic nitrogens is 1. The summed E-state index contributed by atoms with van der Waals surface area (Å²) in [5.41, 5.74) is 2.27. The molecule has 0 aliphatic rings. The van der Waals surface area contributed by atoms with E-state index in [4.69, 9.17) is 4.74 Å². The quantitative estimate of drug-likeness (QED) is 0.473. The summed E-state index contributed by atoms with van der Waals surface area (Å²) in [6, 6.07) is 13.4. The van der Waals surface area contributed by atoms with Gasteiger partial charge in [-0.25, -0.2) is 9.78 Å². The van der Waals surface area contributed by atoms with Crippen molar-refractivity contribution in [2.45, 2.75) is 20.0 Å². The van der Waals surface area contributed by atoms with Crippen molar-refractivity contribution in [3.8, 4) is 16.3 Å². The van der Waals surface area contributed by atoms with Crippen LogP contribution in [0.1, 0.15) is 27.9 Å². The number of hydrogen-bond acceptors (Lipinski definition) is 6. The van der Waals surface area contributed by atoms with Crippen molar-refractivity contribution in [2.75, 3.05) is 0 Å². The van der Waals surface area contributed by atoms with E-state index in [9.17, 15) is 20.0 Å². The molecule has 0 bridgehead atoms. The van der Waals surface area contributed by atoms with E-state index < -0.39 is 10.9 Å². The van der Waals surface area contributed by atoms with Gasteiger partial charge in [-0.2, -0.15) is 0 Å². The van der Waals surface area contributed by atoms with Crippen molar-refractivity contribution >= 4 is 23.0 Å². The number of ether oxygens (including phenoxy) is 1. The molecule has 138 valence electrons. The summed E-state index contributed by atoms with van der Waals surface area (Å²) in [7, 11) is 0. The first-order valence-electron chi connectivity index (χ1n) is 8.17. The van der Waals surface area contributed by atoms with Gasteiger partial charge in [-0.3, -0.25) is 10.1 Å². The summed E-state index contributed by atoms with van der Waals surface area (Å²) in [4.78, 5) is 26.2. The summed E-state index contributed by atoms with van der Waals surface area (Å²) < 4.78 is 5.69. The molecule has 0 aliphatic heterocycles. The first kappa shape index (κ1) is 18.5. The van der Waals surface area contributed by atoms with Crippen LogP contribution in [0.15, 0.2) is 48.5 Å². The molecule has 0 fully saturated rings. The highest BCUT2D eigenvalue weighted by Crippen LogP contribution is 2.30. The maximum atomic E-state index is 11.3. The number of carboxylic acid groups (broad SMARTS) is 1. The van der Waals surface area contributed by atoms with Crippen LogP contribution < -0.4 is 4.74 Å². The van der Waals surface area contributed by atoms with Crippen LogP contribution in [0.3, 0.4) is 0 Å². The van der Waals surface area contributed by atoms with Crippen molar-refractivity contribution in [3.05, 3.63) is 74.8 Å². The predicted octanol–water partition coefficient (Wildman–Crippen LogP) is 4.56.